The van der Waals surface area contributed by atoms with Crippen LogP contribution in [0.2, 0.25) is 0 Å². The number of aliphatic carboxylic acids is 1. The molecule has 2 rings (SSSR count). The van der Waals surface area contributed by atoms with Gasteiger partial charge >= 0.3 is 5.97 Å². The number of carboxylic acids is 1. The van der Waals surface area contributed by atoms with Gasteiger partial charge in [-0.25, -0.2) is 4.98 Å². The molecule has 0 radical (unpaired) electrons. The average Bonchev–Trinajstić information content (AvgIpc) is 2.53. The highest BCUT2D eigenvalue weighted by Crippen LogP contribution is 2.32. The van der Waals surface area contributed by atoms with Crippen molar-refractivity contribution in [3.05, 3.63) is 11.8 Å². The lowest BCUT2D eigenvalue weighted by Crippen LogP contribution is -2.40. The number of nitrogens with one attached hydrogen (secondary N) is 1. The van der Waals surface area contributed by atoms with Crippen LogP contribution in [0, 0.1) is 0 Å². The summed E-state index contributed by atoms with van der Waals surface area (Å²) in [5.74, 6) is 0.0430. The number of carbonyl (C=O) groups is 1. The molecule has 1 aromatic heterocycles. The second-order valence-electron chi connectivity index (χ2n) is 6.19. The molecule has 1 fully saturated rings. The van der Waals surface area contributed by atoms with E-state index in [2.05, 4.69) is 15.3 Å². The van der Waals surface area contributed by atoms with Crippen LogP contribution in [-0.4, -0.2) is 65.1 Å². The fourth-order valence-corrected chi connectivity index (χ4v) is 2.27. The summed E-state index contributed by atoms with van der Waals surface area (Å²) in [5, 5.41) is 21.8. The average molecular weight is 324 g/mol. The lowest BCUT2D eigenvalue weighted by atomic mass is 9.85. The molecule has 0 saturated carbocycles. The first kappa shape index (κ1) is 17.4. The second-order valence-corrected chi connectivity index (χ2v) is 6.19. The minimum absolute atomic E-state index is 0.324. The minimum Gasteiger partial charge on any atom is -0.481 e. The van der Waals surface area contributed by atoms with Crippen molar-refractivity contribution >= 4 is 17.7 Å². The first-order valence-electron chi connectivity index (χ1n) is 7.68. The molecule has 1 aromatic rings. The number of hydrogen-bond donors (Lipinski definition) is 3. The highest BCUT2D eigenvalue weighted by atomic mass is 16.5. The molecule has 1 atom stereocenters. The molecule has 8 nitrogen and oxygen atoms in total. The van der Waals surface area contributed by atoms with E-state index in [4.69, 9.17) is 4.74 Å². The lowest BCUT2D eigenvalue weighted by molar-refractivity contribution is -0.142. The lowest BCUT2D eigenvalue weighted by Gasteiger charge is -2.32. The number of rotatable bonds is 6. The summed E-state index contributed by atoms with van der Waals surface area (Å²) in [6.07, 6.45) is 1.02. The number of nitrogens with zero attached hydrogens (tertiary/aromatic N) is 3. The zero-order valence-corrected chi connectivity index (χ0v) is 13.7. The number of aliphatic hydroxyl groups is 1. The molecule has 0 amide bonds. The van der Waals surface area contributed by atoms with Gasteiger partial charge in [-0.05, 0) is 20.8 Å². The molecule has 1 aliphatic rings. The SMILES string of the molecule is CC(O)CNc1ncc(C(C)(C)C(=O)O)c(N2CCOCC2)n1. The molecular formula is C15H24N4O4. The molecule has 8 heteroatoms. The highest BCUT2D eigenvalue weighted by molar-refractivity contribution is 5.82. The quantitative estimate of drug-likeness (QED) is 0.693. The largest absolute Gasteiger partial charge is 0.481 e. The van der Waals surface area contributed by atoms with Crippen LogP contribution in [0.1, 0.15) is 26.3 Å². The molecule has 1 aliphatic heterocycles. The molecular weight excluding hydrogens is 300 g/mol. The summed E-state index contributed by atoms with van der Waals surface area (Å²) in [4.78, 5) is 22.3. The smallest absolute Gasteiger partial charge is 0.313 e. The van der Waals surface area contributed by atoms with E-state index in [-0.39, 0.29) is 0 Å². The predicted octanol–water partition coefficient (Wildman–Crippen LogP) is 0.468. The van der Waals surface area contributed by atoms with Crippen LogP contribution in [0.25, 0.3) is 0 Å². The van der Waals surface area contributed by atoms with Gasteiger partial charge in [0, 0.05) is 31.4 Å². The van der Waals surface area contributed by atoms with Crippen LogP contribution in [0.15, 0.2) is 6.20 Å². The first-order valence-corrected chi connectivity index (χ1v) is 7.68. The van der Waals surface area contributed by atoms with Gasteiger partial charge in [-0.15, -0.1) is 0 Å². The number of morpholine rings is 1. The number of carboxylic acid groups (broad SMARTS) is 1. The fraction of sp³-hybridized carbons (Fsp3) is 0.667. The van der Waals surface area contributed by atoms with Crippen molar-refractivity contribution in [2.75, 3.05) is 43.1 Å². The maximum Gasteiger partial charge on any atom is 0.313 e. The highest BCUT2D eigenvalue weighted by Gasteiger charge is 2.35. The number of ether oxygens (including phenoxy) is 1. The molecule has 1 saturated heterocycles. The Labute approximate surface area is 135 Å². The topological polar surface area (TPSA) is 108 Å². The molecule has 23 heavy (non-hydrogen) atoms. The molecule has 3 N–H and O–H groups in total. The Morgan fingerprint density at radius 2 is 2.13 bits per heavy atom. The van der Waals surface area contributed by atoms with E-state index >= 15 is 0 Å². The third kappa shape index (κ3) is 4.08. The third-order valence-electron chi connectivity index (χ3n) is 3.84. The third-order valence-corrected chi connectivity index (χ3v) is 3.84. The van der Waals surface area contributed by atoms with E-state index < -0.39 is 17.5 Å². The van der Waals surface area contributed by atoms with Gasteiger partial charge in [-0.3, -0.25) is 4.79 Å². The van der Waals surface area contributed by atoms with Crippen molar-refractivity contribution in [2.24, 2.45) is 0 Å². The number of aliphatic hydroxyl groups excluding tert-OH is 1. The van der Waals surface area contributed by atoms with Gasteiger partial charge in [0.1, 0.15) is 5.82 Å². The Balaban J connectivity index is 2.38. The fourth-order valence-electron chi connectivity index (χ4n) is 2.27. The van der Waals surface area contributed by atoms with E-state index in [1.54, 1.807) is 27.0 Å². The summed E-state index contributed by atoms with van der Waals surface area (Å²) < 4.78 is 5.35. The molecule has 0 spiro atoms. The Morgan fingerprint density at radius 1 is 1.48 bits per heavy atom. The monoisotopic (exact) mass is 324 g/mol. The van der Waals surface area contributed by atoms with Crippen LogP contribution >= 0.6 is 0 Å². The number of anilines is 2. The van der Waals surface area contributed by atoms with E-state index in [0.717, 1.165) is 0 Å². The Morgan fingerprint density at radius 3 is 2.70 bits per heavy atom. The standard InChI is InChI=1S/C15H24N4O4/c1-10(20)8-16-14-17-9-11(15(2,3)13(21)22)12(18-14)19-4-6-23-7-5-19/h9-10,20H,4-8H2,1-3H3,(H,21,22)(H,16,17,18). The minimum atomic E-state index is -1.10. The van der Waals surface area contributed by atoms with Gasteiger partial charge in [0.15, 0.2) is 0 Å². The second kappa shape index (κ2) is 7.10. The summed E-state index contributed by atoms with van der Waals surface area (Å²) in [6.45, 7) is 7.72. The van der Waals surface area contributed by atoms with Crippen molar-refractivity contribution in [3.8, 4) is 0 Å². The van der Waals surface area contributed by atoms with Gasteiger partial charge in [0.2, 0.25) is 5.95 Å². The molecule has 0 aliphatic carbocycles. The van der Waals surface area contributed by atoms with Crippen LogP contribution in [0.3, 0.4) is 0 Å². The van der Waals surface area contributed by atoms with Crippen molar-refractivity contribution in [3.63, 3.8) is 0 Å². The summed E-state index contributed by atoms with van der Waals surface area (Å²) in [5.41, 5.74) is -0.536. The maximum atomic E-state index is 11.6. The van der Waals surface area contributed by atoms with Crippen LogP contribution < -0.4 is 10.2 Å². The van der Waals surface area contributed by atoms with E-state index in [9.17, 15) is 15.0 Å². The molecule has 128 valence electrons. The van der Waals surface area contributed by atoms with Crippen molar-refractivity contribution in [1.82, 2.24) is 9.97 Å². The molecule has 0 bridgehead atoms. The molecule has 1 unspecified atom stereocenters. The zero-order chi connectivity index (χ0) is 17.0. The normalized spacial score (nSPS) is 17.0. The molecule has 0 aromatic carbocycles. The Kier molecular flexibility index (Phi) is 5.38. The summed E-state index contributed by atoms with van der Waals surface area (Å²) in [7, 11) is 0. The van der Waals surface area contributed by atoms with E-state index in [0.29, 0.717) is 50.2 Å². The van der Waals surface area contributed by atoms with Gasteiger partial charge in [0.05, 0.1) is 24.7 Å². The number of hydrogen-bond acceptors (Lipinski definition) is 7. The Hall–Kier alpha value is -1.93. The predicted molar refractivity (Wildman–Crippen MR) is 85.9 cm³/mol. The van der Waals surface area contributed by atoms with Gasteiger partial charge < -0.3 is 25.2 Å². The first-order chi connectivity index (χ1) is 10.8. The van der Waals surface area contributed by atoms with Gasteiger partial charge in [-0.2, -0.15) is 4.98 Å². The number of aromatic nitrogens is 2. The van der Waals surface area contributed by atoms with Gasteiger partial charge in [0.25, 0.3) is 0 Å². The molecule has 2 heterocycles. The maximum absolute atomic E-state index is 11.6. The summed E-state index contributed by atoms with van der Waals surface area (Å²) >= 11 is 0. The van der Waals surface area contributed by atoms with Crippen molar-refractivity contribution < 1.29 is 19.7 Å². The van der Waals surface area contributed by atoms with Crippen molar-refractivity contribution in [1.29, 1.82) is 0 Å². The van der Waals surface area contributed by atoms with Crippen LogP contribution in [0.5, 0.6) is 0 Å². The van der Waals surface area contributed by atoms with Crippen molar-refractivity contribution in [2.45, 2.75) is 32.3 Å². The summed E-state index contributed by atoms with van der Waals surface area (Å²) in [6, 6.07) is 0. The van der Waals surface area contributed by atoms with Crippen LogP contribution in [-0.2, 0) is 14.9 Å². The van der Waals surface area contributed by atoms with E-state index in [1.807, 2.05) is 4.90 Å². The Bertz CT molecular complexity index is 556. The van der Waals surface area contributed by atoms with Crippen LogP contribution in [0.4, 0.5) is 11.8 Å². The zero-order valence-electron chi connectivity index (χ0n) is 13.7. The van der Waals surface area contributed by atoms with E-state index in [1.165, 1.54) is 0 Å². The van der Waals surface area contributed by atoms with Gasteiger partial charge in [-0.1, -0.05) is 0 Å².